The monoisotopic (exact) mass is 650 g/mol. The van der Waals surface area contributed by atoms with Gasteiger partial charge >= 0.3 is 11.9 Å². The molecule has 5 N–H and O–H groups in total. The molecule has 13 heteroatoms. The van der Waals surface area contributed by atoms with Crippen LogP contribution in [0.3, 0.4) is 0 Å². The van der Waals surface area contributed by atoms with Crippen LogP contribution in [0.1, 0.15) is 44.7 Å². The predicted molar refractivity (Wildman–Crippen MR) is 174 cm³/mol. The number of hydrogen-bond acceptors (Lipinski definition) is 6. The highest BCUT2D eigenvalue weighted by molar-refractivity contribution is 6.74. The van der Waals surface area contributed by atoms with Gasteiger partial charge in [-0.1, -0.05) is 56.1 Å². The average Bonchev–Trinajstić information content (AvgIpc) is 2.92. The topological polar surface area (TPSA) is 137 Å². The van der Waals surface area contributed by atoms with Crippen molar-refractivity contribution in [3.8, 4) is 0 Å². The number of anilines is 2. The SMILES string of the molecule is [C-]#[N+]c1ccc(N[C@H](CCO)C(=O)O)c(C)c1Cl.[C-]#[N+]c1ccc(N[C@H](CCO[Si](C)(C)C(C)(C)C)C(=O)O)c(C)c1Cl. The van der Waals surface area contributed by atoms with E-state index in [1.165, 1.54) is 6.07 Å². The Morgan fingerprint density at radius 2 is 1.28 bits per heavy atom. The van der Waals surface area contributed by atoms with Gasteiger partial charge < -0.3 is 30.4 Å². The van der Waals surface area contributed by atoms with Crippen molar-refractivity contribution in [1.82, 2.24) is 0 Å². The van der Waals surface area contributed by atoms with E-state index >= 15 is 0 Å². The summed E-state index contributed by atoms with van der Waals surface area (Å²) < 4.78 is 6.07. The Hall–Kier alpha value is -3.32. The molecule has 0 amide bonds. The predicted octanol–water partition coefficient (Wildman–Crippen LogP) is 7.92. The number of aliphatic hydroxyl groups is 1. The van der Waals surface area contributed by atoms with Crippen LogP contribution >= 0.6 is 23.2 Å². The molecule has 43 heavy (non-hydrogen) atoms. The lowest BCUT2D eigenvalue weighted by Gasteiger charge is -2.36. The summed E-state index contributed by atoms with van der Waals surface area (Å²) in [5.41, 5.74) is 3.15. The van der Waals surface area contributed by atoms with Crippen molar-refractivity contribution in [2.45, 2.75) is 77.7 Å². The van der Waals surface area contributed by atoms with Crippen LogP contribution in [0.25, 0.3) is 9.69 Å². The van der Waals surface area contributed by atoms with Gasteiger partial charge in [0.15, 0.2) is 8.32 Å². The van der Waals surface area contributed by atoms with Gasteiger partial charge in [-0.3, -0.25) is 0 Å². The first-order valence-electron chi connectivity index (χ1n) is 13.5. The Morgan fingerprint density at radius 1 is 0.884 bits per heavy atom. The number of benzene rings is 2. The standard InChI is InChI=1S/C18H27ClN2O3Si.C12H13ClN2O3/c1-12-13(8-9-14(20-5)16(12)19)21-15(17(22)23)10-11-24-25(6,7)18(2,3)4;1-7-8(3-4-9(14-2)11(7)13)15-10(5-6-16)12(17)18/h8-9,15,21H,10-11H2,1-4,6-7H3,(H,22,23);3-4,10,15-16H,5-6H2,1H3,(H,17,18)/t15-;10-/m11/s1. The van der Waals surface area contributed by atoms with Crippen LogP contribution in [-0.2, 0) is 14.0 Å². The van der Waals surface area contributed by atoms with E-state index in [4.69, 9.17) is 51.0 Å². The third-order valence-electron chi connectivity index (χ3n) is 7.32. The third-order valence-corrected chi connectivity index (χ3v) is 12.8. The minimum atomic E-state index is -1.91. The molecule has 0 spiro atoms. The fourth-order valence-corrected chi connectivity index (χ4v) is 4.97. The highest BCUT2D eigenvalue weighted by atomic mass is 35.5. The first kappa shape index (κ1) is 37.7. The molecule has 2 rings (SSSR count). The van der Waals surface area contributed by atoms with Gasteiger partial charge in [0, 0.05) is 37.4 Å². The van der Waals surface area contributed by atoms with Gasteiger partial charge in [0.05, 0.1) is 23.2 Å². The Bertz CT molecular complexity index is 1380. The van der Waals surface area contributed by atoms with E-state index in [0.717, 1.165) is 0 Å². The Labute approximate surface area is 264 Å². The first-order valence-corrected chi connectivity index (χ1v) is 17.1. The summed E-state index contributed by atoms with van der Waals surface area (Å²) in [6, 6.07) is 4.76. The summed E-state index contributed by atoms with van der Waals surface area (Å²) in [5, 5.41) is 33.8. The zero-order chi connectivity index (χ0) is 33.1. The summed E-state index contributed by atoms with van der Waals surface area (Å²) in [4.78, 5) is 29.1. The molecule has 0 saturated heterocycles. The minimum Gasteiger partial charge on any atom is -0.480 e. The van der Waals surface area contributed by atoms with Gasteiger partial charge in [-0.2, -0.15) is 0 Å². The fourth-order valence-electron chi connectivity index (χ4n) is 3.49. The van der Waals surface area contributed by atoms with E-state index in [9.17, 15) is 14.7 Å². The molecule has 0 heterocycles. The second-order valence-corrected chi connectivity index (χ2v) is 16.9. The molecule has 0 aliphatic carbocycles. The maximum absolute atomic E-state index is 11.6. The van der Waals surface area contributed by atoms with Crippen molar-refractivity contribution in [2.75, 3.05) is 23.8 Å². The molecule has 0 fully saturated rings. The summed E-state index contributed by atoms with van der Waals surface area (Å²) in [6.07, 6.45) is 0.445. The summed E-state index contributed by atoms with van der Waals surface area (Å²) in [5.74, 6) is -1.99. The molecule has 0 bridgehead atoms. The normalized spacial score (nSPS) is 12.6. The van der Waals surface area contributed by atoms with Crippen molar-refractivity contribution >= 4 is 66.2 Å². The van der Waals surface area contributed by atoms with Crippen molar-refractivity contribution in [3.05, 3.63) is 68.3 Å². The Kier molecular flexibility index (Phi) is 14.5. The van der Waals surface area contributed by atoms with E-state index in [0.29, 0.717) is 56.9 Å². The number of nitrogens with one attached hydrogen (secondary N) is 2. The lowest BCUT2D eigenvalue weighted by atomic mass is 10.1. The number of hydrogen-bond donors (Lipinski definition) is 5. The summed E-state index contributed by atoms with van der Waals surface area (Å²) in [7, 11) is -1.91. The van der Waals surface area contributed by atoms with E-state index in [-0.39, 0.29) is 18.1 Å². The number of aliphatic carboxylic acids is 2. The van der Waals surface area contributed by atoms with Gasteiger partial charge in [-0.15, -0.1) is 0 Å². The molecule has 234 valence electrons. The molecular formula is C30H40Cl2N4O6Si. The van der Waals surface area contributed by atoms with Crippen molar-refractivity contribution in [3.63, 3.8) is 0 Å². The number of carboxylic acid groups (broad SMARTS) is 2. The van der Waals surface area contributed by atoms with E-state index in [1.807, 2.05) is 0 Å². The Morgan fingerprint density at radius 3 is 1.60 bits per heavy atom. The van der Waals surface area contributed by atoms with E-state index in [1.54, 1.807) is 32.0 Å². The molecule has 0 radical (unpaired) electrons. The van der Waals surface area contributed by atoms with Crippen LogP contribution in [0.4, 0.5) is 22.7 Å². The molecule has 2 aromatic rings. The number of nitrogens with zero attached hydrogens (tertiary/aromatic N) is 2. The van der Waals surface area contributed by atoms with Gasteiger partial charge in [-0.05, 0) is 55.2 Å². The van der Waals surface area contributed by atoms with Crippen molar-refractivity contribution < 1.29 is 29.3 Å². The van der Waals surface area contributed by atoms with Crippen LogP contribution in [0.2, 0.25) is 28.2 Å². The second-order valence-electron chi connectivity index (χ2n) is 11.3. The average molecular weight is 652 g/mol. The third kappa shape index (κ3) is 10.7. The highest BCUT2D eigenvalue weighted by Gasteiger charge is 2.37. The van der Waals surface area contributed by atoms with Gasteiger partial charge in [0.2, 0.25) is 11.4 Å². The van der Waals surface area contributed by atoms with Crippen LogP contribution in [0, 0.1) is 27.0 Å². The Balaban J connectivity index is 0.000000453. The fraction of sp³-hybridized carbons (Fsp3) is 0.467. The number of halogens is 2. The van der Waals surface area contributed by atoms with Crippen LogP contribution in [0.5, 0.6) is 0 Å². The quantitative estimate of drug-likeness (QED) is 0.115. The lowest BCUT2D eigenvalue weighted by Crippen LogP contribution is -2.42. The molecule has 10 nitrogen and oxygen atoms in total. The number of rotatable bonds is 12. The zero-order valence-corrected chi connectivity index (χ0v) is 28.0. The van der Waals surface area contributed by atoms with Crippen molar-refractivity contribution in [2.24, 2.45) is 0 Å². The van der Waals surface area contributed by atoms with Gasteiger partial charge in [-0.25, -0.2) is 19.3 Å². The largest absolute Gasteiger partial charge is 0.480 e. The first-order chi connectivity index (χ1) is 19.9. The molecule has 2 aromatic carbocycles. The molecule has 0 aliphatic rings. The number of carboxylic acids is 2. The van der Waals surface area contributed by atoms with Gasteiger partial charge in [0.25, 0.3) is 0 Å². The maximum Gasteiger partial charge on any atom is 0.326 e. The maximum atomic E-state index is 11.6. The molecule has 0 aliphatic heterocycles. The zero-order valence-electron chi connectivity index (χ0n) is 25.5. The lowest BCUT2D eigenvalue weighted by molar-refractivity contribution is -0.139. The van der Waals surface area contributed by atoms with Gasteiger partial charge in [0.1, 0.15) is 12.1 Å². The summed E-state index contributed by atoms with van der Waals surface area (Å²) >= 11 is 12.1. The van der Waals surface area contributed by atoms with E-state index in [2.05, 4.69) is 54.2 Å². The molecule has 0 unspecified atom stereocenters. The minimum absolute atomic E-state index is 0.0822. The molecule has 2 atom stereocenters. The number of carbonyl (C=O) groups is 2. The van der Waals surface area contributed by atoms with Crippen LogP contribution in [0.15, 0.2) is 24.3 Å². The van der Waals surface area contributed by atoms with Crippen LogP contribution < -0.4 is 10.6 Å². The summed E-state index contributed by atoms with van der Waals surface area (Å²) in [6.45, 7) is 28.4. The number of aliphatic hydroxyl groups excluding tert-OH is 1. The highest BCUT2D eigenvalue weighted by Crippen LogP contribution is 2.37. The molecule has 0 saturated carbocycles. The smallest absolute Gasteiger partial charge is 0.326 e. The van der Waals surface area contributed by atoms with Crippen molar-refractivity contribution in [1.29, 1.82) is 0 Å². The molecule has 0 aromatic heterocycles. The second kappa shape index (κ2) is 16.5. The van der Waals surface area contributed by atoms with Crippen LogP contribution in [-0.4, -0.2) is 60.9 Å². The van der Waals surface area contributed by atoms with E-state index < -0.39 is 32.3 Å². The molecular weight excluding hydrogens is 611 g/mol.